The van der Waals surface area contributed by atoms with Crippen molar-refractivity contribution in [2.24, 2.45) is 0 Å². The third-order valence-electron chi connectivity index (χ3n) is 3.27. The van der Waals surface area contributed by atoms with Gasteiger partial charge in [-0.2, -0.15) is 0 Å². The first-order valence-electron chi connectivity index (χ1n) is 6.12. The van der Waals surface area contributed by atoms with Crippen LogP contribution >= 0.6 is 11.3 Å². The maximum atomic E-state index is 9.48. The lowest BCUT2D eigenvalue weighted by Gasteiger charge is -2.24. The van der Waals surface area contributed by atoms with Crippen LogP contribution in [-0.2, 0) is 6.54 Å². The molecule has 0 aromatic carbocycles. The van der Waals surface area contributed by atoms with E-state index in [0.717, 1.165) is 13.0 Å². The van der Waals surface area contributed by atoms with E-state index in [1.54, 1.807) is 0 Å². The van der Waals surface area contributed by atoms with Gasteiger partial charge >= 0.3 is 0 Å². The molecule has 16 heavy (non-hydrogen) atoms. The van der Waals surface area contributed by atoms with Crippen LogP contribution in [0.5, 0.6) is 0 Å². The van der Waals surface area contributed by atoms with Crippen LogP contribution in [-0.4, -0.2) is 28.7 Å². The molecule has 0 amide bonds. The second-order valence-corrected chi connectivity index (χ2v) is 6.24. The molecule has 0 bridgehead atoms. The Morgan fingerprint density at radius 3 is 3.00 bits per heavy atom. The fourth-order valence-electron chi connectivity index (χ4n) is 2.53. The van der Waals surface area contributed by atoms with E-state index in [-0.39, 0.29) is 6.10 Å². The number of rotatable bonds is 4. The maximum Gasteiger partial charge on any atom is 0.0527 e. The Balaban J connectivity index is 1.93. The summed E-state index contributed by atoms with van der Waals surface area (Å²) in [5, 5.41) is 9.48. The number of thiophene rings is 1. The predicted molar refractivity (Wildman–Crippen MR) is 68.8 cm³/mol. The van der Waals surface area contributed by atoms with Crippen LogP contribution in [0, 0.1) is 6.92 Å². The molecule has 0 radical (unpaired) electrons. The molecule has 90 valence electrons. The van der Waals surface area contributed by atoms with Crippen molar-refractivity contribution in [3.63, 3.8) is 0 Å². The van der Waals surface area contributed by atoms with Gasteiger partial charge in [-0.25, -0.2) is 0 Å². The van der Waals surface area contributed by atoms with E-state index in [9.17, 15) is 5.11 Å². The van der Waals surface area contributed by atoms with E-state index in [2.05, 4.69) is 24.0 Å². The number of hydrogen-bond donors (Lipinski definition) is 1. The summed E-state index contributed by atoms with van der Waals surface area (Å²) in [4.78, 5) is 5.37. The number of hydrogen-bond acceptors (Lipinski definition) is 3. The summed E-state index contributed by atoms with van der Waals surface area (Å²) >= 11 is 1.89. The highest BCUT2D eigenvalue weighted by Gasteiger charge is 2.25. The Hall–Kier alpha value is -0.380. The molecule has 0 spiro atoms. The van der Waals surface area contributed by atoms with Crippen molar-refractivity contribution < 1.29 is 5.11 Å². The zero-order valence-electron chi connectivity index (χ0n) is 10.1. The van der Waals surface area contributed by atoms with Gasteiger partial charge in [0, 0.05) is 22.3 Å². The smallest absolute Gasteiger partial charge is 0.0527 e. The molecular weight excluding hydrogens is 218 g/mol. The second-order valence-electron chi connectivity index (χ2n) is 4.86. The van der Waals surface area contributed by atoms with Gasteiger partial charge in [0.2, 0.25) is 0 Å². The summed E-state index contributed by atoms with van der Waals surface area (Å²) in [6, 6.07) is 5.01. The molecule has 1 N–H and O–H groups in total. The minimum Gasteiger partial charge on any atom is -0.393 e. The quantitative estimate of drug-likeness (QED) is 0.873. The van der Waals surface area contributed by atoms with Crippen molar-refractivity contribution in [1.29, 1.82) is 0 Å². The maximum absolute atomic E-state index is 9.48. The molecule has 2 atom stereocenters. The summed E-state index contributed by atoms with van der Waals surface area (Å²) in [6.07, 6.45) is 3.28. The van der Waals surface area contributed by atoms with Crippen LogP contribution in [0.15, 0.2) is 12.1 Å². The van der Waals surface area contributed by atoms with Gasteiger partial charge in [-0.1, -0.05) is 0 Å². The molecule has 2 unspecified atom stereocenters. The molecule has 1 aliphatic rings. The van der Waals surface area contributed by atoms with Gasteiger partial charge in [0.25, 0.3) is 0 Å². The Morgan fingerprint density at radius 2 is 2.38 bits per heavy atom. The van der Waals surface area contributed by atoms with Crippen LogP contribution < -0.4 is 0 Å². The fourth-order valence-corrected chi connectivity index (χ4v) is 3.45. The number of nitrogens with zero attached hydrogens (tertiary/aromatic N) is 1. The summed E-state index contributed by atoms with van der Waals surface area (Å²) in [7, 11) is 0. The molecule has 0 saturated carbocycles. The lowest BCUT2D eigenvalue weighted by Crippen LogP contribution is -2.31. The van der Waals surface area contributed by atoms with Crippen LogP contribution in [0.3, 0.4) is 0 Å². The van der Waals surface area contributed by atoms with Crippen molar-refractivity contribution in [2.75, 3.05) is 6.54 Å². The molecule has 2 rings (SSSR count). The topological polar surface area (TPSA) is 23.5 Å². The van der Waals surface area contributed by atoms with Gasteiger partial charge in [0.1, 0.15) is 0 Å². The van der Waals surface area contributed by atoms with Crippen LogP contribution in [0.25, 0.3) is 0 Å². The van der Waals surface area contributed by atoms with Crippen LogP contribution in [0.1, 0.15) is 35.9 Å². The van der Waals surface area contributed by atoms with Gasteiger partial charge in [-0.05, 0) is 51.8 Å². The third kappa shape index (κ3) is 3.06. The van der Waals surface area contributed by atoms with Gasteiger partial charge < -0.3 is 5.11 Å². The van der Waals surface area contributed by atoms with Gasteiger partial charge in [0.15, 0.2) is 0 Å². The molecular formula is C13H21NOS. The average Bonchev–Trinajstić information content (AvgIpc) is 2.77. The molecule has 1 saturated heterocycles. The molecule has 3 heteroatoms. The van der Waals surface area contributed by atoms with E-state index in [4.69, 9.17) is 0 Å². The third-order valence-corrected chi connectivity index (χ3v) is 4.25. The van der Waals surface area contributed by atoms with Crippen molar-refractivity contribution >= 4 is 11.3 Å². The first-order chi connectivity index (χ1) is 7.65. The van der Waals surface area contributed by atoms with Gasteiger partial charge in [-0.3, -0.25) is 4.90 Å². The predicted octanol–water partition coefficient (Wildman–Crippen LogP) is 2.79. The Labute approximate surface area is 102 Å². The van der Waals surface area contributed by atoms with E-state index in [1.165, 1.54) is 29.1 Å². The number of likely N-dealkylation sites (tertiary alicyclic amines) is 1. The van der Waals surface area contributed by atoms with Crippen LogP contribution in [0.4, 0.5) is 0 Å². The highest BCUT2D eigenvalue weighted by atomic mass is 32.1. The standard InChI is InChI=1S/C13H21NOS/c1-10(15)8-12-4-3-7-14(12)9-13-6-5-11(2)16-13/h5-6,10,12,15H,3-4,7-9H2,1-2H3. The summed E-state index contributed by atoms with van der Waals surface area (Å²) in [5.41, 5.74) is 0. The highest BCUT2D eigenvalue weighted by Crippen LogP contribution is 2.25. The molecule has 1 aliphatic heterocycles. The molecule has 2 nitrogen and oxygen atoms in total. The zero-order valence-corrected chi connectivity index (χ0v) is 11.0. The van der Waals surface area contributed by atoms with Crippen molar-refractivity contribution in [1.82, 2.24) is 4.90 Å². The van der Waals surface area contributed by atoms with Crippen molar-refractivity contribution in [3.05, 3.63) is 21.9 Å². The van der Waals surface area contributed by atoms with Crippen molar-refractivity contribution in [2.45, 2.75) is 51.8 Å². The minimum atomic E-state index is -0.171. The molecule has 1 aromatic rings. The largest absolute Gasteiger partial charge is 0.393 e. The lowest BCUT2D eigenvalue weighted by molar-refractivity contribution is 0.131. The summed E-state index contributed by atoms with van der Waals surface area (Å²) in [5.74, 6) is 0. The van der Waals surface area contributed by atoms with Gasteiger partial charge in [0.05, 0.1) is 6.10 Å². The normalized spacial score (nSPS) is 23.8. The number of aliphatic hydroxyl groups excluding tert-OH is 1. The Morgan fingerprint density at radius 1 is 1.56 bits per heavy atom. The molecule has 1 aromatic heterocycles. The zero-order chi connectivity index (χ0) is 11.5. The fraction of sp³-hybridized carbons (Fsp3) is 0.692. The monoisotopic (exact) mass is 239 g/mol. The van der Waals surface area contributed by atoms with Crippen molar-refractivity contribution in [3.8, 4) is 0 Å². The SMILES string of the molecule is Cc1ccc(CN2CCCC2CC(C)O)s1. The summed E-state index contributed by atoms with van der Waals surface area (Å²) in [6.45, 7) is 6.31. The van der Waals surface area contributed by atoms with E-state index in [1.807, 2.05) is 18.3 Å². The van der Waals surface area contributed by atoms with Gasteiger partial charge in [-0.15, -0.1) is 11.3 Å². The van der Waals surface area contributed by atoms with E-state index >= 15 is 0 Å². The van der Waals surface area contributed by atoms with E-state index < -0.39 is 0 Å². The number of aliphatic hydroxyl groups is 1. The second kappa shape index (κ2) is 5.30. The highest BCUT2D eigenvalue weighted by molar-refractivity contribution is 7.11. The lowest BCUT2D eigenvalue weighted by atomic mass is 10.1. The average molecular weight is 239 g/mol. The molecule has 0 aliphatic carbocycles. The number of aryl methyl sites for hydroxylation is 1. The first-order valence-corrected chi connectivity index (χ1v) is 6.94. The Kier molecular flexibility index (Phi) is 4.00. The first kappa shape index (κ1) is 12.1. The minimum absolute atomic E-state index is 0.171. The van der Waals surface area contributed by atoms with Crippen LogP contribution in [0.2, 0.25) is 0 Å². The summed E-state index contributed by atoms with van der Waals surface area (Å²) < 4.78 is 0. The molecule has 1 fully saturated rings. The van der Waals surface area contributed by atoms with E-state index in [0.29, 0.717) is 6.04 Å². The Bertz CT molecular complexity index is 334. The molecule has 2 heterocycles.